The molecule has 2 aromatic rings. The first-order valence-electron chi connectivity index (χ1n) is 6.29. The summed E-state index contributed by atoms with van der Waals surface area (Å²) in [6.45, 7) is 0. The summed E-state index contributed by atoms with van der Waals surface area (Å²) in [4.78, 5) is 0. The van der Waals surface area contributed by atoms with Gasteiger partial charge in [0.15, 0.2) is 0 Å². The molecule has 0 aliphatic heterocycles. The molecular weight excluding hydrogens is 359 g/mol. The molecule has 0 spiro atoms. The van der Waals surface area contributed by atoms with Gasteiger partial charge in [0, 0.05) is 10.6 Å². The number of hydrogen-bond acceptors (Lipinski definition) is 3. The fourth-order valence-corrected chi connectivity index (χ4v) is 3.04. The fraction of sp³-hybridized carbons (Fsp3) is 0.200. The molecule has 0 amide bonds. The number of nitrogens with two attached hydrogens (primary N) is 1. The van der Waals surface area contributed by atoms with E-state index in [9.17, 15) is 4.39 Å². The van der Waals surface area contributed by atoms with Crippen molar-refractivity contribution < 1.29 is 9.13 Å². The zero-order valence-corrected chi connectivity index (χ0v) is 13.7. The van der Waals surface area contributed by atoms with Crippen molar-refractivity contribution in [2.75, 3.05) is 7.11 Å². The molecular formula is C15H15BrClFN2O. The third-order valence-corrected chi connectivity index (χ3v) is 4.15. The van der Waals surface area contributed by atoms with Crippen LogP contribution in [-0.2, 0) is 6.42 Å². The second-order valence-electron chi connectivity index (χ2n) is 4.53. The quantitative estimate of drug-likeness (QED) is 0.615. The van der Waals surface area contributed by atoms with Crippen LogP contribution in [0.2, 0.25) is 5.02 Å². The van der Waals surface area contributed by atoms with Crippen molar-refractivity contribution in [2.24, 2.45) is 5.84 Å². The minimum absolute atomic E-state index is 0.352. The first kappa shape index (κ1) is 16.2. The summed E-state index contributed by atoms with van der Waals surface area (Å²) in [5, 5.41) is 0.352. The first-order valence-corrected chi connectivity index (χ1v) is 7.46. The van der Waals surface area contributed by atoms with E-state index in [4.69, 9.17) is 22.2 Å². The number of benzene rings is 2. The van der Waals surface area contributed by atoms with Crippen LogP contribution in [0.15, 0.2) is 40.9 Å². The third-order valence-electron chi connectivity index (χ3n) is 3.21. The van der Waals surface area contributed by atoms with Gasteiger partial charge in [0.05, 0.1) is 17.6 Å². The Morgan fingerprint density at radius 3 is 2.71 bits per heavy atom. The van der Waals surface area contributed by atoms with E-state index in [0.717, 1.165) is 15.8 Å². The van der Waals surface area contributed by atoms with Crippen LogP contribution < -0.4 is 16.0 Å². The Bertz CT molecular complexity index is 619. The lowest BCUT2D eigenvalue weighted by molar-refractivity contribution is 0.412. The molecule has 3 nitrogen and oxygen atoms in total. The molecule has 1 unspecified atom stereocenters. The van der Waals surface area contributed by atoms with Crippen molar-refractivity contribution >= 4 is 27.5 Å². The summed E-state index contributed by atoms with van der Waals surface area (Å²) in [5.41, 5.74) is 3.97. The predicted octanol–water partition coefficient (Wildman–Crippen LogP) is 4.00. The molecule has 3 N–H and O–H groups in total. The van der Waals surface area contributed by atoms with Crippen molar-refractivity contribution in [2.45, 2.75) is 12.5 Å². The van der Waals surface area contributed by atoms with Gasteiger partial charge < -0.3 is 4.74 Å². The smallest absolute Gasteiger partial charge is 0.133 e. The summed E-state index contributed by atoms with van der Waals surface area (Å²) < 4.78 is 20.0. The minimum Gasteiger partial charge on any atom is -0.496 e. The van der Waals surface area contributed by atoms with Crippen LogP contribution in [0.3, 0.4) is 0 Å². The van der Waals surface area contributed by atoms with Gasteiger partial charge in [-0.3, -0.25) is 11.3 Å². The Morgan fingerprint density at radius 1 is 1.38 bits per heavy atom. The van der Waals surface area contributed by atoms with Gasteiger partial charge in [0.25, 0.3) is 0 Å². The maximum atomic E-state index is 14.0. The van der Waals surface area contributed by atoms with Gasteiger partial charge in [0.1, 0.15) is 11.6 Å². The highest BCUT2D eigenvalue weighted by atomic mass is 79.9. The zero-order chi connectivity index (χ0) is 15.4. The number of hydrazine groups is 1. The largest absolute Gasteiger partial charge is 0.496 e. The van der Waals surface area contributed by atoms with Crippen LogP contribution in [0, 0.1) is 5.82 Å². The van der Waals surface area contributed by atoms with Gasteiger partial charge in [0.2, 0.25) is 0 Å². The first-order chi connectivity index (χ1) is 10.1. The van der Waals surface area contributed by atoms with E-state index < -0.39 is 6.04 Å². The lowest BCUT2D eigenvalue weighted by Gasteiger charge is -2.19. The Balaban J connectivity index is 2.29. The summed E-state index contributed by atoms with van der Waals surface area (Å²) >= 11 is 9.51. The van der Waals surface area contributed by atoms with Crippen molar-refractivity contribution in [3.05, 3.63) is 62.8 Å². The highest BCUT2D eigenvalue weighted by Crippen LogP contribution is 2.30. The van der Waals surface area contributed by atoms with E-state index in [1.165, 1.54) is 6.07 Å². The Kier molecular flexibility index (Phi) is 5.58. The summed E-state index contributed by atoms with van der Waals surface area (Å²) in [6.07, 6.45) is 0.500. The number of ether oxygens (including phenoxy) is 1. The van der Waals surface area contributed by atoms with E-state index in [-0.39, 0.29) is 5.82 Å². The third kappa shape index (κ3) is 3.74. The molecule has 2 rings (SSSR count). The molecule has 0 aliphatic rings. The minimum atomic E-state index is -0.418. The number of methoxy groups -OCH3 is 1. The van der Waals surface area contributed by atoms with Gasteiger partial charge >= 0.3 is 0 Å². The van der Waals surface area contributed by atoms with Crippen molar-refractivity contribution in [3.63, 3.8) is 0 Å². The second-order valence-corrected chi connectivity index (χ2v) is 5.79. The lowest BCUT2D eigenvalue weighted by atomic mass is 9.99. The summed E-state index contributed by atoms with van der Waals surface area (Å²) in [6, 6.07) is 9.83. The molecule has 0 radical (unpaired) electrons. The monoisotopic (exact) mass is 372 g/mol. The zero-order valence-electron chi connectivity index (χ0n) is 11.4. The molecule has 0 bridgehead atoms. The van der Waals surface area contributed by atoms with Gasteiger partial charge in [-0.25, -0.2) is 4.39 Å². The SMILES string of the molecule is COc1ccc(CC(NN)c2c(F)cccc2Cl)cc1Br. The van der Waals surface area contributed by atoms with Crippen molar-refractivity contribution in [3.8, 4) is 5.75 Å². The highest BCUT2D eigenvalue weighted by molar-refractivity contribution is 9.10. The van der Waals surface area contributed by atoms with Crippen LogP contribution in [-0.4, -0.2) is 7.11 Å². The lowest BCUT2D eigenvalue weighted by Crippen LogP contribution is -2.30. The Labute approximate surface area is 136 Å². The van der Waals surface area contributed by atoms with E-state index in [2.05, 4.69) is 21.4 Å². The summed E-state index contributed by atoms with van der Waals surface area (Å²) in [7, 11) is 1.60. The second kappa shape index (κ2) is 7.22. The maximum Gasteiger partial charge on any atom is 0.133 e. The predicted molar refractivity (Wildman–Crippen MR) is 85.9 cm³/mol. The van der Waals surface area contributed by atoms with E-state index >= 15 is 0 Å². The van der Waals surface area contributed by atoms with E-state index in [1.54, 1.807) is 19.2 Å². The molecule has 6 heteroatoms. The molecule has 21 heavy (non-hydrogen) atoms. The van der Waals surface area contributed by atoms with Crippen LogP contribution in [0.5, 0.6) is 5.75 Å². The van der Waals surface area contributed by atoms with E-state index in [0.29, 0.717) is 17.0 Å². The maximum absolute atomic E-state index is 14.0. The molecule has 0 heterocycles. The molecule has 0 fully saturated rings. The van der Waals surface area contributed by atoms with Crippen LogP contribution in [0.1, 0.15) is 17.2 Å². The van der Waals surface area contributed by atoms with Gasteiger partial charge in [-0.2, -0.15) is 0 Å². The number of halogens is 3. The van der Waals surface area contributed by atoms with Gasteiger partial charge in [-0.1, -0.05) is 23.7 Å². The standard InChI is InChI=1S/C15H15BrClFN2O/c1-21-14-6-5-9(7-10(14)16)8-13(20-19)15-11(17)3-2-4-12(15)18/h2-7,13,20H,8,19H2,1H3. The average Bonchev–Trinajstić information content (AvgIpc) is 2.46. The molecule has 0 saturated heterocycles. The topological polar surface area (TPSA) is 47.3 Å². The van der Waals surface area contributed by atoms with E-state index in [1.807, 2.05) is 18.2 Å². The van der Waals surface area contributed by atoms with Gasteiger partial charge in [-0.15, -0.1) is 0 Å². The average molecular weight is 374 g/mol. The summed E-state index contributed by atoms with van der Waals surface area (Å²) in [5.74, 6) is 5.93. The molecule has 0 saturated carbocycles. The fourth-order valence-electron chi connectivity index (χ4n) is 2.16. The highest BCUT2D eigenvalue weighted by Gasteiger charge is 2.18. The Hall–Kier alpha value is -1.14. The van der Waals surface area contributed by atoms with Crippen molar-refractivity contribution in [1.82, 2.24) is 5.43 Å². The van der Waals surface area contributed by atoms with Gasteiger partial charge in [-0.05, 0) is 52.2 Å². The Morgan fingerprint density at radius 2 is 2.14 bits per heavy atom. The van der Waals surface area contributed by atoms with Crippen LogP contribution in [0.25, 0.3) is 0 Å². The van der Waals surface area contributed by atoms with Crippen LogP contribution >= 0.6 is 27.5 Å². The molecule has 2 aromatic carbocycles. The molecule has 0 aromatic heterocycles. The van der Waals surface area contributed by atoms with Crippen molar-refractivity contribution in [1.29, 1.82) is 0 Å². The molecule has 1 atom stereocenters. The number of rotatable bonds is 5. The van der Waals surface area contributed by atoms with Crippen LogP contribution in [0.4, 0.5) is 4.39 Å². The normalized spacial score (nSPS) is 12.2. The number of nitrogens with one attached hydrogen (secondary N) is 1. The molecule has 112 valence electrons. The molecule has 0 aliphatic carbocycles. The number of hydrogen-bond donors (Lipinski definition) is 2.